The third kappa shape index (κ3) is 7.81. The Morgan fingerprint density at radius 2 is 1.73 bits per heavy atom. The highest BCUT2D eigenvalue weighted by Crippen LogP contribution is 2.09. The maximum Gasteiger partial charge on any atom is 0.264 e. The van der Waals surface area contributed by atoms with E-state index in [9.17, 15) is 8.42 Å². The van der Waals surface area contributed by atoms with E-state index in [2.05, 4.69) is 0 Å². The van der Waals surface area contributed by atoms with Gasteiger partial charge in [-0.3, -0.25) is 4.18 Å². The van der Waals surface area contributed by atoms with Gasteiger partial charge in [0, 0.05) is 0 Å². The van der Waals surface area contributed by atoms with Crippen LogP contribution in [0.1, 0.15) is 27.2 Å². The van der Waals surface area contributed by atoms with Gasteiger partial charge in [0.1, 0.15) is 0 Å². The lowest BCUT2D eigenvalue weighted by Gasteiger charge is -2.12. The molecular weight excluding hydrogens is 164 g/mol. The highest BCUT2D eigenvalue weighted by Gasteiger charge is 2.11. The van der Waals surface area contributed by atoms with Crippen molar-refractivity contribution in [3.8, 4) is 0 Å². The minimum absolute atomic E-state index is 0.204. The van der Waals surface area contributed by atoms with E-state index in [1.807, 2.05) is 13.8 Å². The maximum absolute atomic E-state index is 10.6. The lowest BCUT2D eigenvalue weighted by atomic mass is 10.1. The number of rotatable bonds is 4. The van der Waals surface area contributed by atoms with Crippen molar-refractivity contribution in [3.05, 3.63) is 0 Å². The topological polar surface area (TPSA) is 43.4 Å². The van der Waals surface area contributed by atoms with Crippen LogP contribution in [0.2, 0.25) is 0 Å². The van der Waals surface area contributed by atoms with Crippen LogP contribution in [0.3, 0.4) is 0 Å². The van der Waals surface area contributed by atoms with E-state index in [0.29, 0.717) is 5.92 Å². The second kappa shape index (κ2) is 4.07. The summed E-state index contributed by atoms with van der Waals surface area (Å²) in [6.07, 6.45) is 1.64. The van der Waals surface area contributed by atoms with Gasteiger partial charge in [-0.15, -0.1) is 0 Å². The van der Waals surface area contributed by atoms with Crippen LogP contribution in [0.5, 0.6) is 0 Å². The van der Waals surface area contributed by atoms with Crippen molar-refractivity contribution in [2.45, 2.75) is 33.3 Å². The van der Waals surface area contributed by atoms with Crippen LogP contribution in [0, 0.1) is 5.92 Å². The van der Waals surface area contributed by atoms with Gasteiger partial charge in [0.05, 0.1) is 12.4 Å². The molecule has 0 radical (unpaired) electrons. The fraction of sp³-hybridized carbons (Fsp3) is 1.00. The molecule has 0 bridgehead atoms. The molecule has 0 amide bonds. The molecule has 68 valence electrons. The Labute approximate surface area is 68.9 Å². The lowest BCUT2D eigenvalue weighted by molar-refractivity contribution is 0.202. The predicted octanol–water partition coefficient (Wildman–Crippen LogP) is 1.40. The molecule has 1 atom stereocenters. The van der Waals surface area contributed by atoms with Crippen molar-refractivity contribution in [1.29, 1.82) is 0 Å². The van der Waals surface area contributed by atoms with Crippen molar-refractivity contribution in [2.24, 2.45) is 5.92 Å². The van der Waals surface area contributed by atoms with E-state index in [-0.39, 0.29) is 6.10 Å². The normalized spacial score (nSPS) is 15.4. The maximum atomic E-state index is 10.6. The third-order valence-corrected chi connectivity index (χ3v) is 1.82. The fourth-order valence-corrected chi connectivity index (χ4v) is 1.68. The second-order valence-electron chi connectivity index (χ2n) is 3.24. The van der Waals surface area contributed by atoms with Gasteiger partial charge in [-0.25, -0.2) is 0 Å². The summed E-state index contributed by atoms with van der Waals surface area (Å²) < 4.78 is 25.9. The van der Waals surface area contributed by atoms with Gasteiger partial charge in [0.15, 0.2) is 0 Å². The first-order valence-corrected chi connectivity index (χ1v) is 5.51. The third-order valence-electron chi connectivity index (χ3n) is 1.14. The molecule has 0 fully saturated rings. The molecule has 0 N–H and O–H groups in total. The van der Waals surface area contributed by atoms with Crippen LogP contribution in [-0.2, 0) is 14.3 Å². The first kappa shape index (κ1) is 10.9. The summed E-state index contributed by atoms with van der Waals surface area (Å²) >= 11 is 0. The van der Waals surface area contributed by atoms with E-state index in [4.69, 9.17) is 4.18 Å². The molecule has 0 aromatic heterocycles. The standard InChI is InChI=1S/C7H16O3S/c1-6(2)5-7(3)10-11(4,8)9/h6-7H,5H2,1-4H3. The molecule has 1 unspecified atom stereocenters. The molecule has 0 aliphatic heterocycles. The molecule has 11 heavy (non-hydrogen) atoms. The van der Waals surface area contributed by atoms with Gasteiger partial charge in [-0.05, 0) is 19.3 Å². The summed E-state index contributed by atoms with van der Waals surface area (Å²) in [7, 11) is -3.27. The Morgan fingerprint density at radius 3 is 2.00 bits per heavy atom. The Morgan fingerprint density at radius 1 is 1.27 bits per heavy atom. The quantitative estimate of drug-likeness (QED) is 0.614. The van der Waals surface area contributed by atoms with Crippen LogP contribution < -0.4 is 0 Å². The zero-order valence-corrected chi connectivity index (χ0v) is 8.31. The van der Waals surface area contributed by atoms with Gasteiger partial charge in [0.25, 0.3) is 10.1 Å². The van der Waals surface area contributed by atoms with Crippen molar-refractivity contribution in [3.63, 3.8) is 0 Å². The largest absolute Gasteiger partial charge is 0.267 e. The van der Waals surface area contributed by atoms with Crippen molar-refractivity contribution in [1.82, 2.24) is 0 Å². The molecule has 0 rings (SSSR count). The zero-order chi connectivity index (χ0) is 9.07. The molecule has 0 aromatic carbocycles. The van der Waals surface area contributed by atoms with Gasteiger partial charge >= 0.3 is 0 Å². The highest BCUT2D eigenvalue weighted by atomic mass is 32.2. The number of hydrogen-bond donors (Lipinski definition) is 0. The first-order chi connectivity index (χ1) is 4.81. The molecule has 0 aliphatic carbocycles. The summed E-state index contributed by atoms with van der Waals surface area (Å²) in [5, 5.41) is 0. The summed E-state index contributed by atoms with van der Waals surface area (Å²) in [5.74, 6) is 0.465. The predicted molar refractivity (Wildman–Crippen MR) is 44.8 cm³/mol. The zero-order valence-electron chi connectivity index (χ0n) is 7.49. The molecule has 0 aliphatic rings. The molecule has 0 heterocycles. The van der Waals surface area contributed by atoms with E-state index in [1.165, 1.54) is 0 Å². The minimum Gasteiger partial charge on any atom is -0.267 e. The van der Waals surface area contributed by atoms with Crippen LogP contribution in [0.15, 0.2) is 0 Å². The van der Waals surface area contributed by atoms with Crippen molar-refractivity contribution < 1.29 is 12.6 Å². The Bertz CT molecular complexity index is 194. The smallest absolute Gasteiger partial charge is 0.264 e. The SMILES string of the molecule is CC(C)CC(C)OS(C)(=O)=O. The summed E-state index contributed by atoms with van der Waals surface area (Å²) in [5.41, 5.74) is 0. The molecule has 0 saturated carbocycles. The average molecular weight is 180 g/mol. The molecule has 0 spiro atoms. The number of hydrogen-bond acceptors (Lipinski definition) is 3. The molecule has 3 nitrogen and oxygen atoms in total. The first-order valence-electron chi connectivity index (χ1n) is 3.69. The summed E-state index contributed by atoms with van der Waals surface area (Å²) in [4.78, 5) is 0. The van der Waals surface area contributed by atoms with E-state index >= 15 is 0 Å². The van der Waals surface area contributed by atoms with Gasteiger partial charge < -0.3 is 0 Å². The van der Waals surface area contributed by atoms with Crippen LogP contribution in [0.25, 0.3) is 0 Å². The Kier molecular flexibility index (Phi) is 4.03. The van der Waals surface area contributed by atoms with Gasteiger partial charge in [-0.2, -0.15) is 8.42 Å². The van der Waals surface area contributed by atoms with Gasteiger partial charge in [-0.1, -0.05) is 13.8 Å². The summed E-state index contributed by atoms with van der Waals surface area (Å²) in [6.45, 7) is 5.82. The average Bonchev–Trinajstić information content (AvgIpc) is 1.53. The van der Waals surface area contributed by atoms with Gasteiger partial charge in [0.2, 0.25) is 0 Å². The Hall–Kier alpha value is -0.0900. The van der Waals surface area contributed by atoms with E-state index < -0.39 is 10.1 Å². The fourth-order valence-electron chi connectivity index (χ4n) is 1.00. The second-order valence-corrected chi connectivity index (χ2v) is 4.84. The van der Waals surface area contributed by atoms with Crippen LogP contribution >= 0.6 is 0 Å². The summed E-state index contributed by atoms with van der Waals surface area (Å²) in [6, 6.07) is 0. The van der Waals surface area contributed by atoms with Crippen molar-refractivity contribution in [2.75, 3.05) is 6.26 Å². The lowest BCUT2D eigenvalue weighted by Crippen LogP contribution is -2.15. The van der Waals surface area contributed by atoms with Crippen LogP contribution in [-0.4, -0.2) is 20.8 Å². The van der Waals surface area contributed by atoms with E-state index in [1.54, 1.807) is 6.92 Å². The molecular formula is C7H16O3S. The Balaban J connectivity index is 3.80. The minimum atomic E-state index is -3.27. The molecule has 4 heteroatoms. The highest BCUT2D eigenvalue weighted by molar-refractivity contribution is 7.86. The van der Waals surface area contributed by atoms with E-state index in [0.717, 1.165) is 12.7 Å². The van der Waals surface area contributed by atoms with Crippen LogP contribution in [0.4, 0.5) is 0 Å². The molecule has 0 aromatic rings. The monoisotopic (exact) mass is 180 g/mol. The molecule has 0 saturated heterocycles. The van der Waals surface area contributed by atoms with Crippen molar-refractivity contribution >= 4 is 10.1 Å².